The number of aromatic nitrogens is 1. The van der Waals surface area contributed by atoms with Crippen molar-refractivity contribution in [1.29, 1.82) is 0 Å². The van der Waals surface area contributed by atoms with Gasteiger partial charge in [0.15, 0.2) is 4.80 Å². The van der Waals surface area contributed by atoms with Gasteiger partial charge in [0.1, 0.15) is 0 Å². The summed E-state index contributed by atoms with van der Waals surface area (Å²) in [4.78, 5) is 10.7. The third kappa shape index (κ3) is 3.02. The molecular weight excluding hydrogens is 342 g/mol. The van der Waals surface area contributed by atoms with Crippen molar-refractivity contribution in [3.05, 3.63) is 69.8 Å². The van der Waals surface area contributed by atoms with E-state index in [1.54, 1.807) is 0 Å². The van der Waals surface area contributed by atoms with Crippen molar-refractivity contribution in [3.8, 4) is 5.88 Å². The van der Waals surface area contributed by atoms with E-state index in [0.29, 0.717) is 0 Å². The highest BCUT2D eigenvalue weighted by Gasteiger charge is 2.17. The Bertz CT molecular complexity index is 1070. The van der Waals surface area contributed by atoms with E-state index in [9.17, 15) is 5.11 Å². The van der Waals surface area contributed by atoms with Crippen molar-refractivity contribution in [1.82, 2.24) is 4.57 Å². The number of rotatable bonds is 3. The molecule has 0 aliphatic carbocycles. The predicted molar refractivity (Wildman–Crippen MR) is 108 cm³/mol. The number of aromatic hydroxyl groups is 1. The first-order chi connectivity index (χ1) is 12.6. The quantitative estimate of drug-likeness (QED) is 0.674. The van der Waals surface area contributed by atoms with Crippen molar-refractivity contribution in [2.24, 2.45) is 9.98 Å². The van der Waals surface area contributed by atoms with E-state index in [2.05, 4.69) is 4.99 Å². The molecule has 26 heavy (non-hydrogen) atoms. The second kappa shape index (κ2) is 6.77. The number of nitrogens with zero attached hydrogens (tertiary/aromatic N) is 3. The fourth-order valence-corrected chi connectivity index (χ4v) is 4.07. The third-order valence-corrected chi connectivity index (χ3v) is 5.19. The van der Waals surface area contributed by atoms with Gasteiger partial charge in [0.25, 0.3) is 0 Å². The standard InChI is InChI=1S/C21H19N3OS/c1-14(2)24-20(25)19(26-21(24)23-16-8-4-3-5-9-16)12-15-13-22-18-11-7-6-10-17(15)18/h3-14,25H,1-2H3/b15-12-,23-21?. The normalized spacial score (nSPS) is 15.2. The topological polar surface area (TPSA) is 49.9 Å². The summed E-state index contributed by atoms with van der Waals surface area (Å²) in [6, 6.07) is 17.9. The van der Waals surface area contributed by atoms with Crippen LogP contribution in [0.5, 0.6) is 5.88 Å². The number of thiazole rings is 1. The molecule has 0 bridgehead atoms. The van der Waals surface area contributed by atoms with Gasteiger partial charge in [-0.1, -0.05) is 47.7 Å². The lowest BCUT2D eigenvalue weighted by Crippen LogP contribution is -2.16. The van der Waals surface area contributed by atoms with Crippen molar-refractivity contribution < 1.29 is 5.11 Å². The Hall–Kier alpha value is -2.92. The summed E-state index contributed by atoms with van der Waals surface area (Å²) >= 11 is 1.48. The molecule has 1 aliphatic rings. The van der Waals surface area contributed by atoms with Gasteiger partial charge in [-0.25, -0.2) is 4.99 Å². The molecule has 5 heteroatoms. The van der Waals surface area contributed by atoms with Crippen LogP contribution in [0.1, 0.15) is 30.3 Å². The minimum absolute atomic E-state index is 0.102. The largest absolute Gasteiger partial charge is 0.493 e. The van der Waals surface area contributed by atoms with E-state index in [0.717, 1.165) is 32.2 Å². The van der Waals surface area contributed by atoms with Crippen LogP contribution in [-0.4, -0.2) is 15.9 Å². The number of hydrogen-bond acceptors (Lipinski definition) is 4. The van der Waals surface area contributed by atoms with Gasteiger partial charge in [-0.2, -0.15) is 0 Å². The first kappa shape index (κ1) is 16.5. The summed E-state index contributed by atoms with van der Waals surface area (Å²) in [7, 11) is 0. The van der Waals surface area contributed by atoms with Gasteiger partial charge in [-0.3, -0.25) is 9.56 Å². The fraction of sp³-hybridized carbons (Fsp3) is 0.143. The van der Waals surface area contributed by atoms with Crippen molar-refractivity contribution >= 4 is 40.6 Å². The molecule has 0 saturated heterocycles. The molecule has 2 aromatic carbocycles. The number of aliphatic imine (C=N–C) groups is 1. The first-order valence-electron chi connectivity index (χ1n) is 8.53. The molecule has 4 rings (SSSR count). The molecular formula is C21H19N3OS. The average Bonchev–Trinajstić information content (AvgIpc) is 3.18. The van der Waals surface area contributed by atoms with Crippen LogP contribution in [0, 0.1) is 0 Å². The highest BCUT2D eigenvalue weighted by Crippen LogP contribution is 2.35. The fourth-order valence-electron chi connectivity index (χ4n) is 2.95. The summed E-state index contributed by atoms with van der Waals surface area (Å²) in [6.07, 6.45) is 3.83. The van der Waals surface area contributed by atoms with E-state index in [-0.39, 0.29) is 11.9 Å². The molecule has 0 amide bonds. The minimum Gasteiger partial charge on any atom is -0.493 e. The molecule has 1 N–H and O–H groups in total. The third-order valence-electron chi connectivity index (χ3n) is 4.20. The summed E-state index contributed by atoms with van der Waals surface area (Å²) in [5.74, 6) is 0.241. The molecule has 4 nitrogen and oxygen atoms in total. The Morgan fingerprint density at radius 1 is 1.08 bits per heavy atom. The van der Waals surface area contributed by atoms with Gasteiger partial charge in [-0.15, -0.1) is 0 Å². The van der Waals surface area contributed by atoms with Gasteiger partial charge < -0.3 is 5.11 Å². The molecule has 0 atom stereocenters. The highest BCUT2D eigenvalue weighted by atomic mass is 32.1. The maximum atomic E-state index is 10.8. The number of fused-ring (bicyclic) bond motifs is 1. The average molecular weight is 361 g/mol. The Labute approximate surface area is 156 Å². The molecule has 0 radical (unpaired) electrons. The maximum Gasteiger partial charge on any atom is 0.211 e. The van der Waals surface area contributed by atoms with E-state index >= 15 is 0 Å². The first-order valence-corrected chi connectivity index (χ1v) is 9.34. The maximum absolute atomic E-state index is 10.8. The van der Waals surface area contributed by atoms with Crippen LogP contribution in [0.25, 0.3) is 11.6 Å². The summed E-state index contributed by atoms with van der Waals surface area (Å²) in [5.41, 5.74) is 3.91. The highest BCUT2D eigenvalue weighted by molar-refractivity contribution is 7.10. The molecule has 0 unspecified atom stereocenters. The van der Waals surface area contributed by atoms with Crippen LogP contribution >= 0.6 is 11.3 Å². The van der Waals surface area contributed by atoms with Gasteiger partial charge in [0.2, 0.25) is 5.88 Å². The van der Waals surface area contributed by atoms with Gasteiger partial charge >= 0.3 is 0 Å². The van der Waals surface area contributed by atoms with Crippen LogP contribution in [-0.2, 0) is 0 Å². The van der Waals surface area contributed by atoms with E-state index < -0.39 is 0 Å². The Morgan fingerprint density at radius 3 is 2.58 bits per heavy atom. The lowest BCUT2D eigenvalue weighted by Gasteiger charge is -2.08. The second-order valence-electron chi connectivity index (χ2n) is 6.36. The van der Waals surface area contributed by atoms with Crippen molar-refractivity contribution in [3.63, 3.8) is 0 Å². The SMILES string of the molecule is CC(C)n1c(O)c(/C=C2/C=Nc3ccccc32)sc1=Nc1ccccc1. The Kier molecular flexibility index (Phi) is 4.31. The number of hydrogen-bond donors (Lipinski definition) is 1. The molecule has 0 spiro atoms. The summed E-state index contributed by atoms with van der Waals surface area (Å²) in [5, 5.41) is 10.8. The number of para-hydroxylation sites is 2. The molecule has 0 fully saturated rings. The lowest BCUT2D eigenvalue weighted by molar-refractivity contribution is 0.393. The minimum atomic E-state index is 0.102. The molecule has 3 aromatic rings. The van der Waals surface area contributed by atoms with Crippen LogP contribution in [0.2, 0.25) is 0 Å². The molecule has 0 saturated carbocycles. The molecule has 2 heterocycles. The number of benzene rings is 2. The lowest BCUT2D eigenvalue weighted by atomic mass is 10.1. The second-order valence-corrected chi connectivity index (χ2v) is 7.37. The van der Waals surface area contributed by atoms with Crippen molar-refractivity contribution in [2.45, 2.75) is 19.9 Å². The van der Waals surface area contributed by atoms with Crippen LogP contribution in [0.4, 0.5) is 11.4 Å². The smallest absolute Gasteiger partial charge is 0.211 e. The van der Waals surface area contributed by atoms with E-state index in [1.807, 2.05) is 85.3 Å². The zero-order valence-electron chi connectivity index (χ0n) is 14.6. The molecule has 1 aliphatic heterocycles. The Balaban J connectivity index is 1.85. The zero-order valence-corrected chi connectivity index (χ0v) is 15.4. The van der Waals surface area contributed by atoms with Gasteiger partial charge in [0.05, 0.1) is 16.3 Å². The van der Waals surface area contributed by atoms with Gasteiger partial charge in [0, 0.05) is 23.4 Å². The van der Waals surface area contributed by atoms with Gasteiger partial charge in [-0.05, 0) is 38.1 Å². The van der Waals surface area contributed by atoms with Crippen molar-refractivity contribution in [2.75, 3.05) is 0 Å². The molecule has 1 aromatic heterocycles. The summed E-state index contributed by atoms with van der Waals surface area (Å²) < 4.78 is 1.86. The monoisotopic (exact) mass is 361 g/mol. The number of allylic oxidation sites excluding steroid dienone is 1. The predicted octanol–water partition coefficient (Wildman–Crippen LogP) is 5.33. The van der Waals surface area contributed by atoms with Crippen LogP contribution < -0.4 is 4.80 Å². The Morgan fingerprint density at radius 2 is 1.81 bits per heavy atom. The molecule has 130 valence electrons. The van der Waals surface area contributed by atoms with E-state index in [4.69, 9.17) is 4.99 Å². The summed E-state index contributed by atoms with van der Waals surface area (Å²) in [6.45, 7) is 4.08. The van der Waals surface area contributed by atoms with E-state index in [1.165, 1.54) is 11.3 Å². The van der Waals surface area contributed by atoms with Crippen LogP contribution in [0.3, 0.4) is 0 Å². The van der Waals surface area contributed by atoms with Crippen LogP contribution in [0.15, 0.2) is 64.6 Å². The zero-order chi connectivity index (χ0) is 18.1.